The van der Waals surface area contributed by atoms with E-state index in [2.05, 4.69) is 10.6 Å². The van der Waals surface area contributed by atoms with Crippen LogP contribution in [-0.2, 0) is 20.9 Å². The van der Waals surface area contributed by atoms with Crippen molar-refractivity contribution in [1.29, 1.82) is 0 Å². The monoisotopic (exact) mass is 401 g/mol. The zero-order valence-corrected chi connectivity index (χ0v) is 17.0. The third-order valence-corrected chi connectivity index (χ3v) is 6.76. The van der Waals surface area contributed by atoms with Gasteiger partial charge in [0.1, 0.15) is 17.3 Å². The van der Waals surface area contributed by atoms with Crippen LogP contribution in [0.25, 0.3) is 0 Å². The maximum absolute atomic E-state index is 13.6. The van der Waals surface area contributed by atoms with Gasteiger partial charge in [0.2, 0.25) is 17.7 Å². The molecule has 2 N–H and O–H groups in total. The Morgan fingerprint density at radius 2 is 1.90 bits per heavy atom. The number of nitrogens with one attached hydrogen (secondary N) is 2. The van der Waals surface area contributed by atoms with Crippen molar-refractivity contribution in [2.75, 3.05) is 0 Å². The number of rotatable bonds is 6. The second-order valence-electron chi connectivity index (χ2n) is 8.71. The third-order valence-electron chi connectivity index (χ3n) is 6.76. The Hall–Kier alpha value is -2.31. The van der Waals surface area contributed by atoms with Crippen molar-refractivity contribution in [3.63, 3.8) is 0 Å². The van der Waals surface area contributed by atoms with Crippen LogP contribution in [0, 0.1) is 0 Å². The molecule has 3 amide bonds. The molecule has 2 aliphatic carbocycles. The maximum Gasteiger partial charge on any atom is 0.246 e. The number of nitrogens with zero attached hydrogens (tertiary/aromatic N) is 1. The van der Waals surface area contributed by atoms with E-state index < -0.39 is 11.6 Å². The molecule has 4 rings (SSSR count). The Morgan fingerprint density at radius 1 is 1.14 bits per heavy atom. The molecule has 7 nitrogen and oxygen atoms in total. The highest BCUT2D eigenvalue weighted by Crippen LogP contribution is 2.37. The van der Waals surface area contributed by atoms with Gasteiger partial charge in [-0.25, -0.2) is 0 Å². The van der Waals surface area contributed by atoms with E-state index in [0.717, 1.165) is 44.9 Å². The van der Waals surface area contributed by atoms with Crippen LogP contribution < -0.4 is 10.6 Å². The number of carbonyl (C=O) groups is 3. The topological polar surface area (TPSA) is 91.7 Å². The fourth-order valence-corrected chi connectivity index (χ4v) is 5.13. The summed E-state index contributed by atoms with van der Waals surface area (Å²) >= 11 is 0. The predicted molar refractivity (Wildman–Crippen MR) is 107 cm³/mol. The second-order valence-corrected chi connectivity index (χ2v) is 8.71. The zero-order valence-electron chi connectivity index (χ0n) is 17.0. The first-order chi connectivity index (χ1) is 14.1. The van der Waals surface area contributed by atoms with E-state index in [1.54, 1.807) is 17.2 Å². The van der Waals surface area contributed by atoms with Gasteiger partial charge in [-0.05, 0) is 44.2 Å². The number of carbonyl (C=O) groups excluding carboxylic acids is 3. The molecule has 3 aliphatic rings. The molecule has 29 heavy (non-hydrogen) atoms. The first-order valence-electron chi connectivity index (χ1n) is 11.0. The summed E-state index contributed by atoms with van der Waals surface area (Å²) in [5.41, 5.74) is -0.877. The Labute approximate surface area is 171 Å². The standard InChI is InChI=1S/C22H31N3O4/c26-19-11-10-18(24-19)20(27)25(15-17-9-6-14-29-17)22(12-4-1-5-13-22)21(28)23-16-7-2-3-8-16/h6,9,14,16,18H,1-5,7-8,10-13,15H2,(H,23,28)(H,24,26)/t18-/m1/s1. The van der Waals surface area contributed by atoms with Crippen LogP contribution in [0.5, 0.6) is 0 Å². The normalized spacial score (nSPS) is 24.3. The average molecular weight is 402 g/mol. The van der Waals surface area contributed by atoms with Crippen LogP contribution in [0.4, 0.5) is 0 Å². The molecule has 2 saturated carbocycles. The highest BCUT2D eigenvalue weighted by atomic mass is 16.3. The van der Waals surface area contributed by atoms with Crippen LogP contribution in [0.1, 0.15) is 76.4 Å². The smallest absolute Gasteiger partial charge is 0.246 e. The Bertz CT molecular complexity index is 733. The first-order valence-corrected chi connectivity index (χ1v) is 11.0. The molecule has 0 spiro atoms. The minimum absolute atomic E-state index is 0.0340. The molecule has 1 atom stereocenters. The molecule has 1 aromatic heterocycles. The largest absolute Gasteiger partial charge is 0.467 e. The lowest BCUT2D eigenvalue weighted by molar-refractivity contribution is -0.153. The van der Waals surface area contributed by atoms with Crippen LogP contribution in [-0.4, -0.2) is 40.2 Å². The van der Waals surface area contributed by atoms with E-state index in [4.69, 9.17) is 4.42 Å². The Balaban J connectivity index is 1.64. The molecular weight excluding hydrogens is 370 g/mol. The highest BCUT2D eigenvalue weighted by Gasteiger charge is 2.49. The summed E-state index contributed by atoms with van der Waals surface area (Å²) in [5, 5.41) is 6.04. The first kappa shape index (κ1) is 20.0. The molecule has 0 unspecified atom stereocenters. The maximum atomic E-state index is 13.6. The Kier molecular flexibility index (Phi) is 5.92. The quantitative estimate of drug-likeness (QED) is 0.767. The Morgan fingerprint density at radius 3 is 2.52 bits per heavy atom. The lowest BCUT2D eigenvalue weighted by Crippen LogP contribution is -2.64. The molecular formula is C22H31N3O4. The number of amides is 3. The SMILES string of the molecule is O=C1CC[C@H](C(=O)N(Cc2ccco2)C2(C(=O)NC3CCCC3)CCCCC2)N1. The molecule has 1 aromatic rings. The summed E-state index contributed by atoms with van der Waals surface area (Å²) in [6.07, 6.45) is 10.9. The molecule has 1 aliphatic heterocycles. The van der Waals surface area contributed by atoms with Gasteiger partial charge >= 0.3 is 0 Å². The van der Waals surface area contributed by atoms with E-state index in [-0.39, 0.29) is 30.3 Å². The minimum Gasteiger partial charge on any atom is -0.467 e. The van der Waals surface area contributed by atoms with Gasteiger partial charge in [-0.15, -0.1) is 0 Å². The second kappa shape index (κ2) is 8.59. The van der Waals surface area contributed by atoms with Crippen LogP contribution in [0.15, 0.2) is 22.8 Å². The fraction of sp³-hybridized carbons (Fsp3) is 0.682. The summed E-state index contributed by atoms with van der Waals surface area (Å²) in [6.45, 7) is 0.246. The summed E-state index contributed by atoms with van der Waals surface area (Å²) < 4.78 is 5.53. The summed E-state index contributed by atoms with van der Waals surface area (Å²) in [7, 11) is 0. The van der Waals surface area contributed by atoms with E-state index in [1.165, 1.54) is 0 Å². The minimum atomic E-state index is -0.877. The fourth-order valence-electron chi connectivity index (χ4n) is 5.13. The van der Waals surface area contributed by atoms with E-state index in [1.807, 2.05) is 6.07 Å². The lowest BCUT2D eigenvalue weighted by atomic mass is 9.78. The van der Waals surface area contributed by atoms with Crippen molar-refractivity contribution in [3.8, 4) is 0 Å². The van der Waals surface area contributed by atoms with Gasteiger partial charge in [0, 0.05) is 12.5 Å². The average Bonchev–Trinajstić information content (AvgIpc) is 3.49. The molecule has 1 saturated heterocycles. The van der Waals surface area contributed by atoms with Gasteiger partial charge in [-0.1, -0.05) is 32.1 Å². The zero-order chi connectivity index (χ0) is 20.3. The van der Waals surface area contributed by atoms with Crippen molar-refractivity contribution in [1.82, 2.24) is 15.5 Å². The molecule has 2 heterocycles. The van der Waals surface area contributed by atoms with Gasteiger partial charge in [0.25, 0.3) is 0 Å². The number of hydrogen-bond donors (Lipinski definition) is 2. The van der Waals surface area contributed by atoms with E-state index >= 15 is 0 Å². The van der Waals surface area contributed by atoms with Crippen molar-refractivity contribution in [3.05, 3.63) is 24.2 Å². The molecule has 0 aromatic carbocycles. The molecule has 3 fully saturated rings. The van der Waals surface area contributed by atoms with E-state index in [9.17, 15) is 14.4 Å². The lowest BCUT2D eigenvalue weighted by Gasteiger charge is -2.46. The summed E-state index contributed by atoms with van der Waals surface area (Å²) in [6, 6.07) is 3.27. The number of hydrogen-bond acceptors (Lipinski definition) is 4. The van der Waals surface area contributed by atoms with E-state index in [0.29, 0.717) is 31.4 Å². The highest BCUT2D eigenvalue weighted by molar-refractivity contribution is 5.96. The molecule has 7 heteroatoms. The van der Waals surface area contributed by atoms with Gasteiger partial charge in [-0.2, -0.15) is 0 Å². The summed E-state index contributed by atoms with van der Waals surface area (Å²) in [5.74, 6) is 0.347. The van der Waals surface area contributed by atoms with Crippen LogP contribution >= 0.6 is 0 Å². The van der Waals surface area contributed by atoms with Gasteiger partial charge in [0.15, 0.2) is 0 Å². The van der Waals surface area contributed by atoms with Gasteiger partial charge < -0.3 is 20.0 Å². The van der Waals surface area contributed by atoms with Gasteiger partial charge in [0.05, 0.1) is 12.8 Å². The number of furan rings is 1. The van der Waals surface area contributed by atoms with Crippen LogP contribution in [0.2, 0.25) is 0 Å². The molecule has 0 radical (unpaired) electrons. The van der Waals surface area contributed by atoms with Crippen LogP contribution in [0.3, 0.4) is 0 Å². The van der Waals surface area contributed by atoms with Crippen molar-refractivity contribution < 1.29 is 18.8 Å². The molecule has 158 valence electrons. The predicted octanol–water partition coefficient (Wildman–Crippen LogP) is 2.65. The van der Waals surface area contributed by atoms with Crippen molar-refractivity contribution in [2.24, 2.45) is 0 Å². The van der Waals surface area contributed by atoms with Crippen molar-refractivity contribution >= 4 is 17.7 Å². The molecule has 0 bridgehead atoms. The summed E-state index contributed by atoms with van der Waals surface area (Å²) in [4.78, 5) is 40.6. The third kappa shape index (κ3) is 4.19. The van der Waals surface area contributed by atoms with Gasteiger partial charge in [-0.3, -0.25) is 14.4 Å². The van der Waals surface area contributed by atoms with Crippen molar-refractivity contribution in [2.45, 2.75) is 94.8 Å².